The summed E-state index contributed by atoms with van der Waals surface area (Å²) in [4.78, 5) is 8.56. The molecule has 0 fully saturated rings. The van der Waals surface area contributed by atoms with E-state index < -0.39 is 5.92 Å². The fraction of sp³-hybridized carbons (Fsp3) is 0.0870. The van der Waals surface area contributed by atoms with E-state index in [4.69, 9.17) is 10.5 Å². The Morgan fingerprint density at radius 3 is 2.72 bits per heavy atom. The lowest BCUT2D eigenvalue weighted by atomic mass is 9.83. The van der Waals surface area contributed by atoms with Gasteiger partial charge in [-0.25, -0.2) is 9.98 Å². The van der Waals surface area contributed by atoms with E-state index in [1.807, 2.05) is 49.4 Å². The highest BCUT2D eigenvalue weighted by Gasteiger charge is 2.31. The normalized spacial score (nSPS) is 15.7. The highest BCUT2D eigenvalue weighted by Crippen LogP contribution is 2.44. The van der Waals surface area contributed by atoms with Crippen molar-refractivity contribution in [1.29, 1.82) is 5.26 Å². The molecule has 0 spiro atoms. The molecule has 1 aliphatic heterocycles. The monoisotopic (exact) mass is 382 g/mol. The van der Waals surface area contributed by atoms with Crippen LogP contribution in [0, 0.1) is 18.3 Å². The first kappa shape index (κ1) is 18.3. The zero-order valence-electron chi connectivity index (χ0n) is 15.7. The van der Waals surface area contributed by atoms with E-state index in [1.165, 1.54) is 6.07 Å². The number of aryl methyl sites for hydroxylation is 1. The number of hydrogen-bond acceptors (Lipinski definition) is 6. The number of aliphatic imine (C=N–C) groups is 1. The van der Waals surface area contributed by atoms with Crippen LogP contribution in [-0.4, -0.2) is 16.3 Å². The molecule has 3 N–H and O–H groups in total. The van der Waals surface area contributed by atoms with E-state index in [-0.39, 0.29) is 11.6 Å². The number of phenolic OH excluding ortho intramolecular Hbond substituents is 1. The maximum absolute atomic E-state index is 10.5. The topological polar surface area (TPSA) is 105 Å². The minimum absolute atomic E-state index is 0.000160. The number of phenols is 1. The summed E-state index contributed by atoms with van der Waals surface area (Å²) in [5.74, 6) is 0.604. The van der Waals surface area contributed by atoms with Crippen molar-refractivity contribution < 1.29 is 9.84 Å². The van der Waals surface area contributed by atoms with Gasteiger partial charge in [0.25, 0.3) is 0 Å². The Labute approximate surface area is 168 Å². The van der Waals surface area contributed by atoms with Crippen molar-refractivity contribution in [3.8, 4) is 17.6 Å². The van der Waals surface area contributed by atoms with Gasteiger partial charge in [0.2, 0.25) is 5.88 Å². The largest absolute Gasteiger partial charge is 0.507 e. The molecule has 0 bridgehead atoms. The predicted molar refractivity (Wildman–Crippen MR) is 110 cm³/mol. The van der Waals surface area contributed by atoms with Crippen LogP contribution in [0.5, 0.6) is 11.5 Å². The summed E-state index contributed by atoms with van der Waals surface area (Å²) in [6.07, 6.45) is 3.23. The number of nitrogens with two attached hydrogens (primary N) is 1. The van der Waals surface area contributed by atoms with Gasteiger partial charge in [-0.1, -0.05) is 30.3 Å². The molecule has 2 aromatic carbocycles. The Morgan fingerprint density at radius 1 is 1.21 bits per heavy atom. The highest BCUT2D eigenvalue weighted by molar-refractivity contribution is 5.86. The van der Waals surface area contributed by atoms with Gasteiger partial charge in [-0.2, -0.15) is 5.26 Å². The van der Waals surface area contributed by atoms with E-state index >= 15 is 0 Å². The van der Waals surface area contributed by atoms with Gasteiger partial charge in [-0.05, 0) is 36.2 Å². The summed E-state index contributed by atoms with van der Waals surface area (Å²) in [5.41, 5.74) is 9.50. The van der Waals surface area contributed by atoms with Gasteiger partial charge in [-0.15, -0.1) is 0 Å². The first-order chi connectivity index (χ1) is 14.1. The number of pyridine rings is 1. The fourth-order valence-corrected chi connectivity index (χ4v) is 3.33. The molecule has 6 heteroatoms. The molecule has 0 aliphatic carbocycles. The third-order valence-corrected chi connectivity index (χ3v) is 4.73. The summed E-state index contributed by atoms with van der Waals surface area (Å²) in [6.45, 7) is 1.96. The number of fused-ring (bicyclic) bond motifs is 1. The van der Waals surface area contributed by atoms with Crippen LogP contribution < -0.4 is 10.5 Å². The van der Waals surface area contributed by atoms with Crippen LogP contribution in [0.3, 0.4) is 0 Å². The molecule has 142 valence electrons. The molecule has 0 radical (unpaired) electrons. The van der Waals surface area contributed by atoms with Crippen LogP contribution >= 0.6 is 0 Å². The van der Waals surface area contributed by atoms with Crippen molar-refractivity contribution in [3.05, 3.63) is 94.5 Å². The summed E-state index contributed by atoms with van der Waals surface area (Å²) in [7, 11) is 0. The first-order valence-electron chi connectivity index (χ1n) is 9.03. The lowest BCUT2D eigenvalue weighted by Gasteiger charge is -2.27. The number of allylic oxidation sites excluding steroid dienone is 1. The maximum Gasteiger partial charge on any atom is 0.205 e. The van der Waals surface area contributed by atoms with Crippen molar-refractivity contribution >= 4 is 12.0 Å². The fourth-order valence-electron chi connectivity index (χ4n) is 3.33. The molecule has 1 aromatic heterocycles. The lowest BCUT2D eigenvalue weighted by Crippen LogP contribution is -2.21. The van der Waals surface area contributed by atoms with Crippen molar-refractivity contribution in [2.45, 2.75) is 12.8 Å². The zero-order chi connectivity index (χ0) is 20.4. The number of rotatable bonds is 3. The van der Waals surface area contributed by atoms with Crippen LogP contribution in [0.4, 0.5) is 5.82 Å². The summed E-state index contributed by atoms with van der Waals surface area (Å²) in [6, 6.07) is 18.7. The van der Waals surface area contributed by atoms with E-state index in [2.05, 4.69) is 16.0 Å². The average molecular weight is 382 g/mol. The second kappa shape index (κ2) is 7.49. The number of aromatic hydroxyl groups is 1. The number of benzene rings is 2. The average Bonchev–Trinajstić information content (AvgIpc) is 2.72. The summed E-state index contributed by atoms with van der Waals surface area (Å²) >= 11 is 0. The Kier molecular flexibility index (Phi) is 4.71. The van der Waals surface area contributed by atoms with Crippen LogP contribution in [0.2, 0.25) is 0 Å². The minimum Gasteiger partial charge on any atom is -0.507 e. The van der Waals surface area contributed by atoms with Gasteiger partial charge in [0.05, 0.1) is 5.92 Å². The van der Waals surface area contributed by atoms with Crippen LogP contribution in [-0.2, 0) is 0 Å². The van der Waals surface area contributed by atoms with Crippen LogP contribution in [0.1, 0.15) is 28.2 Å². The summed E-state index contributed by atoms with van der Waals surface area (Å²) < 4.78 is 5.62. The highest BCUT2D eigenvalue weighted by atomic mass is 16.5. The Hall–Kier alpha value is -4.11. The molecular weight excluding hydrogens is 364 g/mol. The Balaban J connectivity index is 1.82. The molecule has 1 aliphatic rings. The first-order valence-corrected chi connectivity index (χ1v) is 9.03. The third-order valence-electron chi connectivity index (χ3n) is 4.73. The van der Waals surface area contributed by atoms with E-state index in [9.17, 15) is 10.4 Å². The predicted octanol–water partition coefficient (Wildman–Crippen LogP) is 4.06. The van der Waals surface area contributed by atoms with Gasteiger partial charge in [0.1, 0.15) is 23.1 Å². The molecule has 29 heavy (non-hydrogen) atoms. The molecule has 1 atom stereocenters. The summed E-state index contributed by atoms with van der Waals surface area (Å²) in [5, 5.41) is 20.1. The number of nitrogens with zero attached hydrogens (tertiary/aromatic N) is 3. The van der Waals surface area contributed by atoms with E-state index in [1.54, 1.807) is 18.5 Å². The second-order valence-electron chi connectivity index (χ2n) is 6.73. The number of ether oxygens (including phenoxy) is 1. The van der Waals surface area contributed by atoms with Gasteiger partial charge in [-0.3, -0.25) is 0 Å². The van der Waals surface area contributed by atoms with Crippen LogP contribution in [0.15, 0.2) is 77.2 Å². The SMILES string of the molecule is Cc1ccnc(N=Cc2cc3c(cc2O)OC(N)=C(C#N)[C@@H]3c2ccccc2)c1. The molecule has 4 rings (SSSR count). The molecule has 0 amide bonds. The van der Waals surface area contributed by atoms with Gasteiger partial charge < -0.3 is 15.6 Å². The van der Waals surface area contributed by atoms with E-state index in [0.717, 1.165) is 16.7 Å². The van der Waals surface area contributed by atoms with Crippen LogP contribution in [0.25, 0.3) is 0 Å². The molecule has 0 saturated carbocycles. The Bertz CT molecular complexity index is 1180. The minimum atomic E-state index is -0.394. The Morgan fingerprint density at radius 2 is 2.00 bits per heavy atom. The molecule has 3 aromatic rings. The molecule has 0 saturated heterocycles. The van der Waals surface area contributed by atoms with Crippen molar-refractivity contribution in [2.75, 3.05) is 0 Å². The van der Waals surface area contributed by atoms with Gasteiger partial charge in [0.15, 0.2) is 5.82 Å². The maximum atomic E-state index is 10.5. The molecule has 0 unspecified atom stereocenters. The van der Waals surface area contributed by atoms with E-state index in [0.29, 0.717) is 22.7 Å². The van der Waals surface area contributed by atoms with Gasteiger partial charge >= 0.3 is 0 Å². The molecular formula is C23H18N4O2. The van der Waals surface area contributed by atoms with Crippen molar-refractivity contribution in [1.82, 2.24) is 4.98 Å². The quantitative estimate of drug-likeness (QED) is 0.665. The lowest BCUT2D eigenvalue weighted by molar-refractivity contribution is 0.388. The van der Waals surface area contributed by atoms with Gasteiger partial charge in [0, 0.05) is 29.6 Å². The third kappa shape index (κ3) is 3.54. The molecule has 2 heterocycles. The zero-order valence-corrected chi connectivity index (χ0v) is 15.7. The number of nitriles is 1. The number of hydrogen-bond donors (Lipinski definition) is 2. The van der Waals surface area contributed by atoms with Crippen molar-refractivity contribution in [2.24, 2.45) is 10.7 Å². The molecule has 6 nitrogen and oxygen atoms in total. The smallest absolute Gasteiger partial charge is 0.205 e. The number of aromatic nitrogens is 1. The standard InChI is InChI=1S/C23H18N4O2/c1-14-7-8-26-21(9-14)27-13-16-10-17-20(11-19(16)28)29-23(25)18(12-24)22(17)15-5-3-2-4-6-15/h2-11,13,22,28H,25H2,1H3/t22-/m1/s1. The van der Waals surface area contributed by atoms with Crippen molar-refractivity contribution in [3.63, 3.8) is 0 Å². The second-order valence-corrected chi connectivity index (χ2v) is 6.73.